The number of aryl methyl sites for hydroxylation is 3. The van der Waals surface area contributed by atoms with Gasteiger partial charge in [0, 0.05) is 15.4 Å². The van der Waals surface area contributed by atoms with Gasteiger partial charge in [0.05, 0.1) is 7.11 Å². The molecule has 4 heteroatoms. The standard InChI is InChI=1S/C16H19NO2S/c1-10-7-5-6-8-14(10)17-15(16(18)19-4)13-9-11(2)20-12(13)3/h5-9,15,17H,1-4H3. The van der Waals surface area contributed by atoms with Crippen LogP contribution in [0.4, 0.5) is 5.69 Å². The zero-order chi connectivity index (χ0) is 14.7. The molecule has 0 amide bonds. The lowest BCUT2D eigenvalue weighted by Crippen LogP contribution is -2.22. The SMILES string of the molecule is COC(=O)C(Nc1ccccc1C)c1cc(C)sc1C. The van der Waals surface area contributed by atoms with E-state index in [4.69, 9.17) is 4.74 Å². The zero-order valence-electron chi connectivity index (χ0n) is 12.2. The van der Waals surface area contributed by atoms with Crippen molar-refractivity contribution >= 4 is 23.0 Å². The first-order valence-electron chi connectivity index (χ1n) is 6.50. The van der Waals surface area contributed by atoms with Gasteiger partial charge in [-0.2, -0.15) is 0 Å². The van der Waals surface area contributed by atoms with Crippen LogP contribution < -0.4 is 5.32 Å². The summed E-state index contributed by atoms with van der Waals surface area (Å²) in [4.78, 5) is 14.4. The Bertz CT molecular complexity index is 619. The highest BCUT2D eigenvalue weighted by atomic mass is 32.1. The molecule has 0 saturated heterocycles. The average Bonchev–Trinajstić information content (AvgIpc) is 2.76. The van der Waals surface area contributed by atoms with Gasteiger partial charge < -0.3 is 10.1 Å². The fourth-order valence-corrected chi connectivity index (χ4v) is 3.17. The predicted octanol–water partition coefficient (Wildman–Crippen LogP) is 4.00. The van der Waals surface area contributed by atoms with Crippen LogP contribution in [0, 0.1) is 20.8 Å². The molecule has 1 aromatic carbocycles. The van der Waals surface area contributed by atoms with E-state index >= 15 is 0 Å². The molecule has 0 spiro atoms. The maximum absolute atomic E-state index is 12.1. The molecule has 0 aliphatic carbocycles. The number of hydrogen-bond donors (Lipinski definition) is 1. The third kappa shape index (κ3) is 3.02. The summed E-state index contributed by atoms with van der Waals surface area (Å²) in [5, 5.41) is 3.30. The number of rotatable bonds is 4. The monoisotopic (exact) mass is 289 g/mol. The third-order valence-electron chi connectivity index (χ3n) is 3.27. The lowest BCUT2D eigenvalue weighted by molar-refractivity contribution is -0.141. The van der Waals surface area contributed by atoms with Gasteiger partial charge in [-0.3, -0.25) is 0 Å². The fraction of sp³-hybridized carbons (Fsp3) is 0.312. The maximum Gasteiger partial charge on any atom is 0.333 e. The van der Waals surface area contributed by atoms with Crippen molar-refractivity contribution in [3.05, 3.63) is 51.2 Å². The molecule has 20 heavy (non-hydrogen) atoms. The number of carbonyl (C=O) groups excluding carboxylic acids is 1. The lowest BCUT2D eigenvalue weighted by atomic mass is 10.1. The number of esters is 1. The first kappa shape index (κ1) is 14.6. The summed E-state index contributed by atoms with van der Waals surface area (Å²) in [7, 11) is 1.42. The highest BCUT2D eigenvalue weighted by Crippen LogP contribution is 2.30. The Morgan fingerprint density at radius 1 is 1.25 bits per heavy atom. The van der Waals surface area contributed by atoms with E-state index in [1.807, 2.05) is 51.1 Å². The van der Waals surface area contributed by atoms with Crippen LogP contribution in [-0.4, -0.2) is 13.1 Å². The van der Waals surface area contributed by atoms with Gasteiger partial charge in [-0.25, -0.2) is 4.79 Å². The van der Waals surface area contributed by atoms with Crippen molar-refractivity contribution in [2.45, 2.75) is 26.8 Å². The molecule has 0 aliphatic heterocycles. The van der Waals surface area contributed by atoms with E-state index in [9.17, 15) is 4.79 Å². The molecule has 3 nitrogen and oxygen atoms in total. The highest BCUT2D eigenvalue weighted by molar-refractivity contribution is 7.12. The van der Waals surface area contributed by atoms with Crippen molar-refractivity contribution in [2.24, 2.45) is 0 Å². The topological polar surface area (TPSA) is 38.3 Å². The van der Waals surface area contributed by atoms with Crippen LogP contribution in [0.2, 0.25) is 0 Å². The van der Waals surface area contributed by atoms with Crippen molar-refractivity contribution in [3.63, 3.8) is 0 Å². The second-order valence-corrected chi connectivity index (χ2v) is 6.24. The van der Waals surface area contributed by atoms with Crippen LogP contribution in [0.1, 0.15) is 26.9 Å². The summed E-state index contributed by atoms with van der Waals surface area (Å²) in [6, 6.07) is 9.50. The Labute approximate surface area is 123 Å². The van der Waals surface area contributed by atoms with Gasteiger partial charge >= 0.3 is 5.97 Å². The maximum atomic E-state index is 12.1. The van der Waals surface area contributed by atoms with Crippen LogP contribution in [0.5, 0.6) is 0 Å². The highest BCUT2D eigenvalue weighted by Gasteiger charge is 2.24. The van der Waals surface area contributed by atoms with Gasteiger partial charge in [0.2, 0.25) is 0 Å². The van der Waals surface area contributed by atoms with E-state index in [1.54, 1.807) is 11.3 Å². The number of nitrogens with one attached hydrogen (secondary N) is 1. The van der Waals surface area contributed by atoms with Crippen molar-refractivity contribution in [1.29, 1.82) is 0 Å². The molecule has 106 valence electrons. The molecule has 0 aliphatic rings. The van der Waals surface area contributed by atoms with E-state index in [0.29, 0.717) is 0 Å². The quantitative estimate of drug-likeness (QED) is 0.865. The molecule has 1 aromatic heterocycles. The Hall–Kier alpha value is -1.81. The van der Waals surface area contributed by atoms with E-state index in [0.717, 1.165) is 21.7 Å². The molecule has 0 fully saturated rings. The molecular formula is C16H19NO2S. The Morgan fingerprint density at radius 3 is 2.50 bits per heavy atom. The molecule has 0 bridgehead atoms. The van der Waals surface area contributed by atoms with Gasteiger partial charge in [0.1, 0.15) is 0 Å². The average molecular weight is 289 g/mol. The second kappa shape index (κ2) is 6.09. The molecule has 1 N–H and O–H groups in total. The largest absolute Gasteiger partial charge is 0.467 e. The Balaban J connectivity index is 2.37. The van der Waals surface area contributed by atoms with Crippen LogP contribution in [0.15, 0.2) is 30.3 Å². The number of benzene rings is 1. The van der Waals surface area contributed by atoms with Gasteiger partial charge in [0.15, 0.2) is 6.04 Å². The van der Waals surface area contributed by atoms with E-state index < -0.39 is 6.04 Å². The lowest BCUT2D eigenvalue weighted by Gasteiger charge is -2.19. The molecule has 2 rings (SSSR count). The number of methoxy groups -OCH3 is 1. The minimum absolute atomic E-state index is 0.269. The van der Waals surface area contributed by atoms with Gasteiger partial charge in [-0.1, -0.05) is 18.2 Å². The minimum atomic E-state index is -0.467. The van der Waals surface area contributed by atoms with E-state index in [-0.39, 0.29) is 5.97 Å². The van der Waals surface area contributed by atoms with Gasteiger partial charge in [-0.15, -0.1) is 11.3 Å². The Kier molecular flexibility index (Phi) is 4.45. The van der Waals surface area contributed by atoms with Crippen molar-refractivity contribution in [2.75, 3.05) is 12.4 Å². The molecule has 0 saturated carbocycles. The molecule has 1 atom stereocenters. The molecular weight excluding hydrogens is 270 g/mol. The summed E-state index contributed by atoms with van der Waals surface area (Å²) in [6.07, 6.45) is 0. The fourth-order valence-electron chi connectivity index (χ4n) is 2.21. The number of para-hydroxylation sites is 1. The van der Waals surface area contributed by atoms with Crippen LogP contribution >= 0.6 is 11.3 Å². The molecule has 1 heterocycles. The normalized spacial score (nSPS) is 12.0. The molecule has 1 unspecified atom stereocenters. The summed E-state index contributed by atoms with van der Waals surface area (Å²) < 4.78 is 4.95. The number of carbonyl (C=O) groups is 1. The Morgan fingerprint density at radius 2 is 1.95 bits per heavy atom. The van der Waals surface area contributed by atoms with Crippen molar-refractivity contribution in [1.82, 2.24) is 0 Å². The van der Waals surface area contributed by atoms with Crippen LogP contribution in [0.25, 0.3) is 0 Å². The minimum Gasteiger partial charge on any atom is -0.467 e. The number of hydrogen-bond acceptors (Lipinski definition) is 4. The first-order valence-corrected chi connectivity index (χ1v) is 7.31. The number of thiophene rings is 1. The van der Waals surface area contributed by atoms with Crippen molar-refractivity contribution < 1.29 is 9.53 Å². The first-order chi connectivity index (χ1) is 9.52. The van der Waals surface area contributed by atoms with Gasteiger partial charge in [-0.05, 0) is 44.0 Å². The molecule has 2 aromatic rings. The number of anilines is 1. The van der Waals surface area contributed by atoms with Crippen LogP contribution in [-0.2, 0) is 9.53 Å². The van der Waals surface area contributed by atoms with E-state index in [1.165, 1.54) is 12.0 Å². The summed E-state index contributed by atoms with van der Waals surface area (Å²) in [5.41, 5.74) is 3.04. The third-order valence-corrected chi connectivity index (χ3v) is 4.25. The van der Waals surface area contributed by atoms with E-state index in [2.05, 4.69) is 5.32 Å². The van der Waals surface area contributed by atoms with Gasteiger partial charge in [0.25, 0.3) is 0 Å². The molecule has 0 radical (unpaired) electrons. The second-order valence-electron chi connectivity index (χ2n) is 4.78. The predicted molar refractivity (Wildman–Crippen MR) is 83.4 cm³/mol. The summed E-state index contributed by atoms with van der Waals surface area (Å²) in [5.74, 6) is -0.269. The summed E-state index contributed by atoms with van der Waals surface area (Å²) >= 11 is 1.69. The van der Waals surface area contributed by atoms with Crippen molar-refractivity contribution in [3.8, 4) is 0 Å². The number of ether oxygens (including phenoxy) is 1. The van der Waals surface area contributed by atoms with Crippen LogP contribution in [0.3, 0.4) is 0 Å². The summed E-state index contributed by atoms with van der Waals surface area (Å²) in [6.45, 7) is 6.09. The zero-order valence-corrected chi connectivity index (χ0v) is 13.0. The smallest absolute Gasteiger partial charge is 0.333 e.